The maximum absolute atomic E-state index is 15.2. The van der Waals surface area contributed by atoms with Crippen molar-refractivity contribution < 1.29 is 42.2 Å². The second-order valence-electron chi connectivity index (χ2n) is 20.1. The summed E-state index contributed by atoms with van der Waals surface area (Å²) in [5.41, 5.74) is 1.75. The first kappa shape index (κ1) is 50.6. The van der Waals surface area contributed by atoms with E-state index in [1.165, 1.54) is 41.7 Å². The normalized spacial score (nSPS) is 19.4. The molecule has 21 heteroatoms. The summed E-state index contributed by atoms with van der Waals surface area (Å²) < 4.78 is 54.3. The number of hydrogen-bond donors (Lipinski definition) is 3. The minimum absolute atomic E-state index is 0.167. The number of aromatic nitrogens is 6. The quantitative estimate of drug-likeness (QED) is 0.0688. The van der Waals surface area contributed by atoms with Crippen LogP contribution in [0.15, 0.2) is 79.0 Å². The number of amides is 3. The summed E-state index contributed by atoms with van der Waals surface area (Å²) in [7, 11) is 1.82. The van der Waals surface area contributed by atoms with Gasteiger partial charge < -0.3 is 19.6 Å². The molecule has 0 bridgehead atoms. The first-order valence-corrected chi connectivity index (χ1v) is 26.7. The maximum atomic E-state index is 15.2. The number of carboxylic acids is 1. The summed E-state index contributed by atoms with van der Waals surface area (Å²) in [5.74, 6) is -1.76. The van der Waals surface area contributed by atoms with Crippen LogP contribution < -0.4 is 25.2 Å². The summed E-state index contributed by atoms with van der Waals surface area (Å²) in [4.78, 5) is 75.5. The number of unbranched alkanes of at least 4 members (excludes halogenated alkanes) is 1. The Morgan fingerprint density at radius 2 is 1.62 bits per heavy atom. The SMILES string of the molecule is Cn1nc(C2CCC(=O)NC2=O)c2ccc(N3CCN(CCCCC4CCC(Oc5cccc(-c6ccc(N7CCc8ccnc(C(=O)Nc9nc%10ccccc%10s9)c8C7)nc6C(=O)O)c5C(F)(F)F)CC4)CC3)nc21. The number of alkyl halides is 3. The third-order valence-corrected chi connectivity index (χ3v) is 16.2. The molecule has 3 amide bonds. The minimum atomic E-state index is -4.87. The topological polar surface area (TPSA) is 201 Å². The molecule has 1 saturated carbocycles. The maximum Gasteiger partial charge on any atom is 0.420 e. The summed E-state index contributed by atoms with van der Waals surface area (Å²) >= 11 is 1.34. The summed E-state index contributed by atoms with van der Waals surface area (Å²) in [6.07, 6.45) is 3.53. The van der Waals surface area contributed by atoms with E-state index in [1.54, 1.807) is 15.8 Å². The summed E-state index contributed by atoms with van der Waals surface area (Å²) in [6, 6.07) is 20.3. The number of nitrogens with zero attached hydrogens (tertiary/aromatic N) is 9. The molecule has 1 aliphatic carbocycles. The Kier molecular flexibility index (Phi) is 14.2. The molecule has 8 heterocycles. The van der Waals surface area contributed by atoms with Gasteiger partial charge in [0.25, 0.3) is 5.91 Å². The number of ether oxygens (including phenoxy) is 1. The molecule has 2 saturated heterocycles. The average molecular weight is 1060 g/mol. The number of carbonyl (C=O) groups is 4. The summed E-state index contributed by atoms with van der Waals surface area (Å²) in [6.45, 7) is 5.03. The second-order valence-corrected chi connectivity index (χ2v) is 21.1. The number of nitrogens with one attached hydrogen (secondary N) is 2. The molecule has 17 nitrogen and oxygen atoms in total. The lowest BCUT2D eigenvalue weighted by atomic mass is 9.84. The molecular weight excluding hydrogens is 1000 g/mol. The summed E-state index contributed by atoms with van der Waals surface area (Å²) in [5, 5.41) is 21.6. The lowest BCUT2D eigenvalue weighted by Crippen LogP contribution is -2.46. The number of hydrogen-bond acceptors (Lipinski definition) is 14. The molecule has 3 aliphatic heterocycles. The smallest absolute Gasteiger partial charge is 0.420 e. The van der Waals surface area contributed by atoms with Gasteiger partial charge in [-0.25, -0.2) is 19.7 Å². The van der Waals surface area contributed by atoms with Gasteiger partial charge in [-0.2, -0.15) is 18.3 Å². The molecule has 76 heavy (non-hydrogen) atoms. The molecular formula is C55H56F3N11O6S. The van der Waals surface area contributed by atoms with Gasteiger partial charge in [-0.15, -0.1) is 0 Å². The van der Waals surface area contributed by atoms with Crippen molar-refractivity contribution in [2.24, 2.45) is 13.0 Å². The van der Waals surface area contributed by atoms with E-state index in [0.717, 1.165) is 91.8 Å². The Labute approximate surface area is 439 Å². The van der Waals surface area contributed by atoms with Gasteiger partial charge in [-0.05, 0) is 112 Å². The van der Waals surface area contributed by atoms with Crippen LogP contribution in [0.1, 0.15) is 107 Å². The van der Waals surface area contributed by atoms with Crippen LogP contribution in [0.2, 0.25) is 0 Å². The van der Waals surface area contributed by atoms with Crippen molar-refractivity contribution in [3.8, 4) is 16.9 Å². The highest BCUT2D eigenvalue weighted by Gasteiger charge is 2.40. The van der Waals surface area contributed by atoms with E-state index in [2.05, 4.69) is 40.5 Å². The molecule has 3 fully saturated rings. The lowest BCUT2D eigenvalue weighted by molar-refractivity contribution is -0.139. The van der Waals surface area contributed by atoms with E-state index < -0.39 is 41.3 Å². The van der Waals surface area contributed by atoms with Crippen molar-refractivity contribution in [3.05, 3.63) is 113 Å². The van der Waals surface area contributed by atoms with Crippen LogP contribution >= 0.6 is 11.3 Å². The van der Waals surface area contributed by atoms with Gasteiger partial charge in [0.05, 0.1) is 27.9 Å². The number of imide groups is 1. The number of piperidine rings is 1. The van der Waals surface area contributed by atoms with Crippen molar-refractivity contribution in [1.82, 2.24) is 39.9 Å². The number of carboxylic acid groups (broad SMARTS) is 1. The van der Waals surface area contributed by atoms with Gasteiger partial charge in [0.15, 0.2) is 16.5 Å². The zero-order chi connectivity index (χ0) is 52.7. The number of pyridine rings is 3. The highest BCUT2D eigenvalue weighted by atomic mass is 32.1. The fourth-order valence-corrected chi connectivity index (χ4v) is 12.2. The molecule has 2 aromatic carbocycles. The zero-order valence-corrected chi connectivity index (χ0v) is 42.6. The van der Waals surface area contributed by atoms with Gasteiger partial charge in [0, 0.05) is 81.0 Å². The van der Waals surface area contributed by atoms with E-state index in [-0.39, 0.29) is 53.2 Å². The second kappa shape index (κ2) is 21.2. The number of aryl methyl sites for hydroxylation is 1. The lowest BCUT2D eigenvalue weighted by Gasteiger charge is -2.35. The molecule has 11 rings (SSSR count). The third-order valence-electron chi connectivity index (χ3n) is 15.3. The van der Waals surface area contributed by atoms with Crippen LogP contribution in [0.25, 0.3) is 32.4 Å². The highest BCUT2D eigenvalue weighted by Crippen LogP contribution is 2.45. The number of fused-ring (bicyclic) bond motifs is 3. The van der Waals surface area contributed by atoms with Gasteiger partial charge in [-0.1, -0.05) is 48.4 Å². The van der Waals surface area contributed by atoms with Crippen molar-refractivity contribution >= 4 is 73.0 Å². The number of benzene rings is 2. The van der Waals surface area contributed by atoms with Crippen molar-refractivity contribution in [1.29, 1.82) is 0 Å². The number of halogens is 3. The fourth-order valence-electron chi connectivity index (χ4n) is 11.3. The monoisotopic (exact) mass is 1060 g/mol. The predicted molar refractivity (Wildman–Crippen MR) is 281 cm³/mol. The van der Waals surface area contributed by atoms with E-state index in [9.17, 15) is 24.3 Å². The van der Waals surface area contributed by atoms with Crippen molar-refractivity contribution in [3.63, 3.8) is 0 Å². The zero-order valence-electron chi connectivity index (χ0n) is 41.8. The molecule has 3 N–H and O–H groups in total. The number of rotatable bonds is 14. The highest BCUT2D eigenvalue weighted by molar-refractivity contribution is 7.22. The molecule has 0 radical (unpaired) electrons. The van der Waals surface area contributed by atoms with Gasteiger partial charge in [0.2, 0.25) is 11.8 Å². The van der Waals surface area contributed by atoms with Crippen LogP contribution in [0.5, 0.6) is 5.75 Å². The molecule has 1 atom stereocenters. The van der Waals surface area contributed by atoms with Crippen molar-refractivity contribution in [2.45, 2.75) is 89.0 Å². The minimum Gasteiger partial charge on any atom is -0.490 e. The van der Waals surface area contributed by atoms with Crippen LogP contribution in [0.4, 0.5) is 29.9 Å². The molecule has 7 aromatic rings. The Hall–Kier alpha value is -7.52. The molecule has 394 valence electrons. The van der Waals surface area contributed by atoms with E-state index in [1.807, 2.05) is 49.5 Å². The van der Waals surface area contributed by atoms with Gasteiger partial charge in [-0.3, -0.25) is 39.6 Å². The molecule has 1 unspecified atom stereocenters. The number of carbonyl (C=O) groups excluding carboxylic acids is 3. The van der Waals surface area contributed by atoms with Gasteiger partial charge >= 0.3 is 12.1 Å². The van der Waals surface area contributed by atoms with Crippen LogP contribution in [-0.2, 0) is 35.8 Å². The predicted octanol–water partition coefficient (Wildman–Crippen LogP) is 9.02. The van der Waals surface area contributed by atoms with Crippen LogP contribution in [0.3, 0.4) is 0 Å². The molecule has 5 aromatic heterocycles. The third kappa shape index (κ3) is 10.5. The van der Waals surface area contributed by atoms with Crippen LogP contribution in [-0.4, -0.2) is 109 Å². The van der Waals surface area contributed by atoms with Crippen molar-refractivity contribution in [2.75, 3.05) is 54.4 Å². The first-order chi connectivity index (χ1) is 36.7. The average Bonchev–Trinajstić information content (AvgIpc) is 4.01. The molecule has 0 spiro atoms. The number of thiazole rings is 1. The largest absolute Gasteiger partial charge is 0.490 e. The van der Waals surface area contributed by atoms with E-state index in [4.69, 9.17) is 9.72 Å². The standard InChI is InChI=1S/C55H56F3N11O6S/c1-66-50-37(47(65-66)38-18-21-45(70)63-51(38)71)17-20-44(62-50)68-29-27-67(28-30-68)25-5-4-7-32-12-14-34(15-13-32)75-41-10-6-8-35(46(41)55(56,57)58)36-16-19-43(61-49(36)53(73)74)69-26-23-33-22-24-59-48(39(33)31-69)52(72)64-54-60-40-9-2-3-11-42(40)76-54/h2-3,6,8-11,16-17,19-20,22,24,32,34,38H,4-5,7,12-15,18,21,23,25-31H2,1H3,(H,73,74)(H,60,64,72)(H,63,70,71). The Bertz CT molecular complexity index is 3330. The number of aromatic carboxylic acids is 1. The van der Waals surface area contributed by atoms with Crippen LogP contribution in [0, 0.1) is 5.92 Å². The Balaban J connectivity index is 0.678. The van der Waals surface area contributed by atoms with E-state index >= 15 is 13.2 Å². The molecule has 4 aliphatic rings. The first-order valence-electron chi connectivity index (χ1n) is 25.9. The number of para-hydroxylation sites is 1. The number of piperazine rings is 1. The van der Waals surface area contributed by atoms with Gasteiger partial charge in [0.1, 0.15) is 28.6 Å². The van der Waals surface area contributed by atoms with E-state index in [0.29, 0.717) is 60.2 Å². The Morgan fingerprint density at radius 3 is 2.39 bits per heavy atom. The number of anilines is 3. The fraction of sp³-hybridized carbons (Fsp3) is 0.400. The Morgan fingerprint density at radius 1 is 0.829 bits per heavy atom.